The fraction of sp³-hybridized carbons (Fsp3) is 0.409. The Labute approximate surface area is 204 Å². The molecule has 0 bridgehead atoms. The summed E-state index contributed by atoms with van der Waals surface area (Å²) in [7, 11) is 1.94. The number of rotatable bonds is 7. The Kier molecular flexibility index (Phi) is 7.19. The molecule has 0 radical (unpaired) electrons. The molecule has 1 saturated heterocycles. The predicted octanol–water partition coefficient (Wildman–Crippen LogP) is 3.39. The molecule has 3 atom stereocenters. The molecule has 4 rings (SSSR count). The molecule has 1 aliphatic heterocycles. The van der Waals surface area contributed by atoms with Crippen molar-refractivity contribution in [3.63, 3.8) is 0 Å². The van der Waals surface area contributed by atoms with Crippen LogP contribution in [0.25, 0.3) is 11.0 Å². The van der Waals surface area contributed by atoms with Gasteiger partial charge in [0.1, 0.15) is 16.0 Å². The zero-order valence-corrected chi connectivity index (χ0v) is 21.0. The van der Waals surface area contributed by atoms with Gasteiger partial charge in [0.2, 0.25) is 11.8 Å². The van der Waals surface area contributed by atoms with Gasteiger partial charge in [-0.25, -0.2) is 4.98 Å². The average molecular weight is 539 g/mol. The van der Waals surface area contributed by atoms with Crippen LogP contribution >= 0.6 is 38.9 Å². The first-order valence-electron chi connectivity index (χ1n) is 10.4. The summed E-state index contributed by atoms with van der Waals surface area (Å²) >= 11 is 11.1. The maximum absolute atomic E-state index is 12.6. The third-order valence-electron chi connectivity index (χ3n) is 5.71. The Morgan fingerprint density at radius 2 is 2.25 bits per heavy atom. The Hall–Kier alpha value is -1.94. The lowest BCUT2D eigenvalue weighted by Gasteiger charge is -2.17. The molecule has 32 heavy (non-hydrogen) atoms. The summed E-state index contributed by atoms with van der Waals surface area (Å²) in [6, 6.07) is 5.12. The number of aromatic nitrogens is 2. The maximum Gasteiger partial charge on any atom is 0.242 e. The van der Waals surface area contributed by atoms with E-state index in [1.54, 1.807) is 24.5 Å². The Morgan fingerprint density at radius 1 is 1.44 bits per heavy atom. The van der Waals surface area contributed by atoms with Gasteiger partial charge in [-0.05, 0) is 71.9 Å². The molecule has 3 aromatic heterocycles. The van der Waals surface area contributed by atoms with Crippen LogP contribution in [0, 0.1) is 5.92 Å². The number of aryl methyl sites for hydroxylation is 1. The van der Waals surface area contributed by atoms with E-state index in [1.807, 2.05) is 36.0 Å². The first kappa shape index (κ1) is 23.2. The quantitative estimate of drug-likeness (QED) is 0.430. The third kappa shape index (κ3) is 5.33. The van der Waals surface area contributed by atoms with E-state index in [-0.39, 0.29) is 17.9 Å². The summed E-state index contributed by atoms with van der Waals surface area (Å²) in [6.07, 6.45) is 5.32. The fourth-order valence-electron chi connectivity index (χ4n) is 3.96. The van der Waals surface area contributed by atoms with Crippen LogP contribution < -0.4 is 16.0 Å². The van der Waals surface area contributed by atoms with Gasteiger partial charge in [0.05, 0.1) is 6.04 Å². The SMILES string of the molecule is CC(NC(=O)[C@H]1C[C@H](Cc2cc(Br)c(Cl)s2)CN1)C(=O)NCc1cnc2c(ccn2C)c1. The molecule has 0 spiro atoms. The lowest BCUT2D eigenvalue weighted by atomic mass is 10.0. The van der Waals surface area contributed by atoms with Crippen LogP contribution in [0.2, 0.25) is 4.34 Å². The zero-order valence-electron chi connectivity index (χ0n) is 17.8. The number of hydrogen-bond donors (Lipinski definition) is 3. The minimum atomic E-state index is -0.621. The minimum Gasteiger partial charge on any atom is -0.350 e. The molecule has 3 N–H and O–H groups in total. The molecule has 10 heteroatoms. The van der Waals surface area contributed by atoms with E-state index < -0.39 is 6.04 Å². The van der Waals surface area contributed by atoms with Crippen molar-refractivity contribution in [3.05, 3.63) is 49.8 Å². The van der Waals surface area contributed by atoms with Crippen LogP contribution in [0.3, 0.4) is 0 Å². The molecule has 0 aromatic carbocycles. The number of nitrogens with one attached hydrogen (secondary N) is 3. The van der Waals surface area contributed by atoms with E-state index in [2.05, 4.69) is 36.9 Å². The molecular formula is C22H25BrClN5O2S. The van der Waals surface area contributed by atoms with Crippen LogP contribution in [0.4, 0.5) is 0 Å². The standard InChI is InChI=1S/C22H25BrClN5O2S/c1-12(21(30)27-11-14-5-15-3-4-29(2)20(15)26-10-14)28-22(31)18-7-13(9-25-18)6-16-8-17(23)19(24)32-16/h3-5,8,10,12-13,18,25H,6-7,9,11H2,1-2H3,(H,27,30)(H,28,31)/t12?,13-,18+/m0/s1. The number of amides is 2. The lowest BCUT2D eigenvalue weighted by molar-refractivity contribution is -0.129. The number of hydrogen-bond acceptors (Lipinski definition) is 5. The Balaban J connectivity index is 1.24. The van der Waals surface area contributed by atoms with Crippen LogP contribution in [-0.2, 0) is 29.6 Å². The van der Waals surface area contributed by atoms with Crippen molar-refractivity contribution in [2.75, 3.05) is 6.54 Å². The average Bonchev–Trinajstić information content (AvgIpc) is 3.46. The topological polar surface area (TPSA) is 88.1 Å². The van der Waals surface area contributed by atoms with Gasteiger partial charge in [-0.1, -0.05) is 11.6 Å². The number of pyridine rings is 1. The Bertz CT molecular complexity index is 1130. The molecule has 1 unspecified atom stereocenters. The monoisotopic (exact) mass is 537 g/mol. The van der Waals surface area contributed by atoms with Crippen molar-refractivity contribution in [1.29, 1.82) is 0 Å². The van der Waals surface area contributed by atoms with Crippen LogP contribution in [0.1, 0.15) is 23.8 Å². The van der Waals surface area contributed by atoms with Crippen molar-refractivity contribution in [3.8, 4) is 0 Å². The smallest absolute Gasteiger partial charge is 0.242 e. The third-order valence-corrected chi connectivity index (χ3v) is 8.20. The molecule has 7 nitrogen and oxygen atoms in total. The number of halogens is 2. The molecule has 3 aromatic rings. The molecule has 2 amide bonds. The molecule has 1 aliphatic rings. The molecule has 0 aliphatic carbocycles. The number of carbonyl (C=O) groups is 2. The molecule has 0 saturated carbocycles. The second kappa shape index (κ2) is 9.91. The van der Waals surface area contributed by atoms with Gasteiger partial charge in [0.15, 0.2) is 0 Å². The first-order chi connectivity index (χ1) is 15.3. The van der Waals surface area contributed by atoms with Gasteiger partial charge >= 0.3 is 0 Å². The summed E-state index contributed by atoms with van der Waals surface area (Å²) in [5, 5.41) is 10.0. The first-order valence-corrected chi connectivity index (χ1v) is 12.4. The highest BCUT2D eigenvalue weighted by Crippen LogP contribution is 2.34. The second-order valence-electron chi connectivity index (χ2n) is 8.23. The highest BCUT2D eigenvalue weighted by Gasteiger charge is 2.31. The van der Waals surface area contributed by atoms with Gasteiger partial charge in [0, 0.05) is 40.7 Å². The number of nitrogens with zero attached hydrogens (tertiary/aromatic N) is 2. The predicted molar refractivity (Wildman–Crippen MR) is 131 cm³/mol. The van der Waals surface area contributed by atoms with E-state index in [9.17, 15) is 9.59 Å². The highest BCUT2D eigenvalue weighted by molar-refractivity contribution is 9.10. The highest BCUT2D eigenvalue weighted by atomic mass is 79.9. The van der Waals surface area contributed by atoms with E-state index in [0.717, 1.165) is 44.8 Å². The van der Waals surface area contributed by atoms with E-state index in [0.29, 0.717) is 12.5 Å². The summed E-state index contributed by atoms with van der Waals surface area (Å²) in [6.45, 7) is 2.82. The number of fused-ring (bicyclic) bond motifs is 1. The van der Waals surface area contributed by atoms with Gasteiger partial charge in [-0.15, -0.1) is 11.3 Å². The summed E-state index contributed by atoms with van der Waals surface area (Å²) in [5.41, 5.74) is 1.81. The van der Waals surface area contributed by atoms with E-state index >= 15 is 0 Å². The van der Waals surface area contributed by atoms with Gasteiger partial charge in [-0.3, -0.25) is 9.59 Å². The van der Waals surface area contributed by atoms with Crippen molar-refractivity contribution >= 4 is 61.7 Å². The largest absolute Gasteiger partial charge is 0.350 e. The van der Waals surface area contributed by atoms with Crippen LogP contribution in [-0.4, -0.2) is 40.0 Å². The lowest BCUT2D eigenvalue weighted by Crippen LogP contribution is -2.49. The Morgan fingerprint density at radius 3 is 3.00 bits per heavy atom. The van der Waals surface area contributed by atoms with Gasteiger partial charge in [0.25, 0.3) is 0 Å². The second-order valence-corrected chi connectivity index (χ2v) is 10.8. The van der Waals surface area contributed by atoms with Crippen molar-refractivity contribution < 1.29 is 9.59 Å². The van der Waals surface area contributed by atoms with Crippen molar-refractivity contribution in [2.24, 2.45) is 13.0 Å². The maximum atomic E-state index is 12.6. The fourth-order valence-corrected chi connectivity index (χ4v) is 5.86. The van der Waals surface area contributed by atoms with Crippen LogP contribution in [0.5, 0.6) is 0 Å². The number of thiophene rings is 1. The molecular weight excluding hydrogens is 514 g/mol. The van der Waals surface area contributed by atoms with Gasteiger partial charge < -0.3 is 20.5 Å². The molecule has 4 heterocycles. The normalized spacial score (nSPS) is 19.2. The summed E-state index contributed by atoms with van der Waals surface area (Å²) in [5.74, 6) is -0.0102. The zero-order chi connectivity index (χ0) is 22.8. The van der Waals surface area contributed by atoms with Crippen molar-refractivity contribution in [2.45, 2.75) is 38.4 Å². The van der Waals surface area contributed by atoms with E-state index in [1.165, 1.54) is 4.88 Å². The van der Waals surface area contributed by atoms with Crippen molar-refractivity contribution in [1.82, 2.24) is 25.5 Å². The van der Waals surface area contributed by atoms with Crippen LogP contribution in [0.15, 0.2) is 35.1 Å². The summed E-state index contributed by atoms with van der Waals surface area (Å²) in [4.78, 5) is 30.8. The summed E-state index contributed by atoms with van der Waals surface area (Å²) < 4.78 is 3.61. The minimum absolute atomic E-state index is 0.145. The molecule has 170 valence electrons. The number of carbonyl (C=O) groups excluding carboxylic acids is 2. The van der Waals surface area contributed by atoms with E-state index in [4.69, 9.17) is 11.6 Å². The molecule has 1 fully saturated rings. The van der Waals surface area contributed by atoms with Gasteiger partial charge in [-0.2, -0.15) is 0 Å².